The molecule has 3 aromatic rings. The third-order valence-electron chi connectivity index (χ3n) is 5.82. The highest BCUT2D eigenvalue weighted by Crippen LogP contribution is 2.35. The first-order chi connectivity index (χ1) is 15.0. The third-order valence-corrected chi connectivity index (χ3v) is 6.97. The van der Waals surface area contributed by atoms with E-state index in [0.29, 0.717) is 44.6 Å². The third kappa shape index (κ3) is 5.41. The molecule has 6 nitrogen and oxygen atoms in total. The van der Waals surface area contributed by atoms with Crippen molar-refractivity contribution in [2.24, 2.45) is 5.92 Å². The van der Waals surface area contributed by atoms with Crippen LogP contribution in [0.15, 0.2) is 35.1 Å². The molecule has 2 atom stereocenters. The summed E-state index contributed by atoms with van der Waals surface area (Å²) < 4.78 is 5.38. The molecule has 1 aliphatic carbocycles. The summed E-state index contributed by atoms with van der Waals surface area (Å²) in [6, 6.07) is 10.1. The molecule has 4 rings (SSSR count). The Balaban J connectivity index is 1.58. The van der Waals surface area contributed by atoms with Gasteiger partial charge in [-0.1, -0.05) is 37.3 Å². The first-order valence-electron chi connectivity index (χ1n) is 11.1. The van der Waals surface area contributed by atoms with Gasteiger partial charge in [0, 0.05) is 24.6 Å². The molecule has 2 heterocycles. The molecule has 0 spiro atoms. The monoisotopic (exact) mass is 441 g/mol. The lowest BCUT2D eigenvalue weighted by Crippen LogP contribution is -2.35. The predicted molar refractivity (Wildman–Crippen MR) is 124 cm³/mol. The van der Waals surface area contributed by atoms with E-state index in [0.717, 1.165) is 35.0 Å². The van der Waals surface area contributed by atoms with E-state index in [2.05, 4.69) is 28.9 Å². The summed E-state index contributed by atoms with van der Waals surface area (Å²) in [6.45, 7) is 6.61. The second kappa shape index (κ2) is 10.0. The number of thiophene rings is 1. The molecule has 0 saturated carbocycles. The van der Waals surface area contributed by atoms with Crippen molar-refractivity contribution < 1.29 is 9.84 Å². The zero-order chi connectivity index (χ0) is 21.8. The van der Waals surface area contributed by atoms with Crippen LogP contribution in [0.3, 0.4) is 0 Å². The Hall–Kier alpha value is -2.06. The van der Waals surface area contributed by atoms with Crippen LogP contribution in [0.1, 0.15) is 42.1 Å². The predicted octanol–water partition coefficient (Wildman–Crippen LogP) is 3.51. The average Bonchev–Trinajstić information content (AvgIpc) is 3.10. The van der Waals surface area contributed by atoms with Crippen LogP contribution in [0.4, 0.5) is 0 Å². The van der Waals surface area contributed by atoms with E-state index < -0.39 is 6.10 Å². The maximum atomic E-state index is 12.9. The molecular weight excluding hydrogens is 410 g/mol. The van der Waals surface area contributed by atoms with E-state index in [-0.39, 0.29) is 5.56 Å². The van der Waals surface area contributed by atoms with Gasteiger partial charge in [0.1, 0.15) is 10.7 Å². The number of H-pyrrole nitrogens is 1. The quantitative estimate of drug-likeness (QED) is 0.531. The van der Waals surface area contributed by atoms with Crippen molar-refractivity contribution in [1.29, 1.82) is 0 Å². The van der Waals surface area contributed by atoms with Gasteiger partial charge in [-0.15, -0.1) is 11.3 Å². The number of nitrogens with zero attached hydrogens (tertiary/aromatic N) is 2. The molecule has 0 aliphatic heterocycles. The first kappa shape index (κ1) is 22.1. The Morgan fingerprint density at radius 2 is 2.13 bits per heavy atom. The highest BCUT2D eigenvalue weighted by atomic mass is 32.1. The van der Waals surface area contributed by atoms with Crippen molar-refractivity contribution in [3.8, 4) is 0 Å². The SMILES string of the molecule is CCOC[C@@H](O)CN(Cc1ccccc1)Cc1nc2sc3c(c2c(=O)[nH]1)CC[C@H](C)C3. The molecule has 0 amide bonds. The largest absolute Gasteiger partial charge is 0.389 e. The Morgan fingerprint density at radius 3 is 2.90 bits per heavy atom. The summed E-state index contributed by atoms with van der Waals surface area (Å²) >= 11 is 1.67. The maximum absolute atomic E-state index is 12.9. The molecule has 0 saturated heterocycles. The number of fused-ring (bicyclic) bond motifs is 3. The lowest BCUT2D eigenvalue weighted by atomic mass is 9.89. The summed E-state index contributed by atoms with van der Waals surface area (Å²) in [4.78, 5) is 25.0. The van der Waals surface area contributed by atoms with Gasteiger partial charge in [-0.3, -0.25) is 9.69 Å². The van der Waals surface area contributed by atoms with Gasteiger partial charge in [0.25, 0.3) is 5.56 Å². The van der Waals surface area contributed by atoms with Crippen LogP contribution < -0.4 is 5.56 Å². The molecule has 2 N–H and O–H groups in total. The molecule has 0 radical (unpaired) electrons. The molecule has 0 unspecified atom stereocenters. The van der Waals surface area contributed by atoms with Crippen molar-refractivity contribution in [1.82, 2.24) is 14.9 Å². The van der Waals surface area contributed by atoms with Crippen molar-refractivity contribution >= 4 is 21.6 Å². The number of aryl methyl sites for hydroxylation is 1. The Labute approximate surface area is 186 Å². The van der Waals surface area contributed by atoms with Gasteiger partial charge in [0.2, 0.25) is 0 Å². The van der Waals surface area contributed by atoms with Crippen LogP contribution in [0.25, 0.3) is 10.2 Å². The maximum Gasteiger partial charge on any atom is 0.259 e. The van der Waals surface area contributed by atoms with Crippen molar-refractivity contribution in [3.63, 3.8) is 0 Å². The van der Waals surface area contributed by atoms with Gasteiger partial charge in [-0.05, 0) is 43.2 Å². The number of rotatable bonds is 9. The molecule has 1 aromatic carbocycles. The smallest absolute Gasteiger partial charge is 0.259 e. The molecule has 31 heavy (non-hydrogen) atoms. The second-order valence-corrected chi connectivity index (χ2v) is 9.60. The highest BCUT2D eigenvalue weighted by Gasteiger charge is 2.23. The Bertz CT molecular complexity index is 1060. The van der Waals surface area contributed by atoms with Gasteiger partial charge in [0.15, 0.2) is 0 Å². The summed E-state index contributed by atoms with van der Waals surface area (Å²) in [6.07, 6.45) is 2.52. The minimum Gasteiger partial charge on any atom is -0.389 e. The number of aromatic nitrogens is 2. The topological polar surface area (TPSA) is 78.5 Å². The number of aromatic amines is 1. The fraction of sp³-hybridized carbons (Fsp3) is 0.500. The van der Waals surface area contributed by atoms with Gasteiger partial charge >= 0.3 is 0 Å². The molecule has 7 heteroatoms. The van der Waals surface area contributed by atoms with E-state index in [1.54, 1.807) is 11.3 Å². The van der Waals surface area contributed by atoms with Gasteiger partial charge in [-0.2, -0.15) is 0 Å². The second-order valence-electron chi connectivity index (χ2n) is 8.51. The lowest BCUT2D eigenvalue weighted by molar-refractivity contribution is 0.0175. The molecule has 0 bridgehead atoms. The minimum atomic E-state index is -0.602. The number of benzene rings is 1. The van der Waals surface area contributed by atoms with Gasteiger partial charge in [-0.25, -0.2) is 4.98 Å². The summed E-state index contributed by atoms with van der Waals surface area (Å²) in [5.74, 6) is 1.30. The lowest BCUT2D eigenvalue weighted by Gasteiger charge is -2.24. The Morgan fingerprint density at radius 1 is 1.32 bits per heavy atom. The van der Waals surface area contributed by atoms with E-state index in [1.807, 2.05) is 25.1 Å². The van der Waals surface area contributed by atoms with Gasteiger partial charge in [0.05, 0.1) is 24.6 Å². The average molecular weight is 442 g/mol. The Kier molecular flexibility index (Phi) is 7.17. The van der Waals surface area contributed by atoms with Crippen molar-refractivity contribution in [2.45, 2.75) is 52.3 Å². The van der Waals surface area contributed by atoms with E-state index in [9.17, 15) is 9.90 Å². The summed E-state index contributed by atoms with van der Waals surface area (Å²) in [7, 11) is 0. The zero-order valence-electron chi connectivity index (χ0n) is 18.3. The molecule has 0 fully saturated rings. The number of nitrogens with one attached hydrogen (secondary N) is 1. The number of hydrogen-bond acceptors (Lipinski definition) is 6. The van der Waals surface area contributed by atoms with Gasteiger partial charge < -0.3 is 14.8 Å². The van der Waals surface area contributed by atoms with E-state index in [1.165, 1.54) is 10.4 Å². The van der Waals surface area contributed by atoms with Crippen LogP contribution in [0.5, 0.6) is 0 Å². The zero-order valence-corrected chi connectivity index (χ0v) is 19.1. The summed E-state index contributed by atoms with van der Waals surface area (Å²) in [5.41, 5.74) is 2.31. The fourth-order valence-electron chi connectivity index (χ4n) is 4.31. The molecule has 166 valence electrons. The standard InChI is InChI=1S/C24H31N3O3S/c1-3-30-15-18(28)13-27(12-17-7-5-4-6-8-17)14-21-25-23(29)22-19-10-9-16(2)11-20(19)31-24(22)26-21/h4-8,16,18,28H,3,9-15H2,1-2H3,(H,25,26,29)/t16-,18-/m0/s1. The minimum absolute atomic E-state index is 0.0402. The van der Waals surface area contributed by atoms with E-state index in [4.69, 9.17) is 9.72 Å². The number of aliphatic hydroxyl groups excluding tert-OH is 1. The van der Waals surface area contributed by atoms with Crippen molar-refractivity contribution in [2.75, 3.05) is 19.8 Å². The van der Waals surface area contributed by atoms with Crippen LogP contribution >= 0.6 is 11.3 Å². The number of aliphatic hydroxyl groups is 1. The first-order valence-corrected chi connectivity index (χ1v) is 11.9. The molecule has 2 aromatic heterocycles. The molecule has 1 aliphatic rings. The highest BCUT2D eigenvalue weighted by molar-refractivity contribution is 7.18. The van der Waals surface area contributed by atoms with E-state index >= 15 is 0 Å². The van der Waals surface area contributed by atoms with Crippen LogP contribution in [-0.4, -0.2) is 45.8 Å². The fourth-order valence-corrected chi connectivity index (χ4v) is 5.71. The number of hydrogen-bond donors (Lipinski definition) is 2. The van der Waals surface area contributed by atoms with Crippen LogP contribution in [-0.2, 0) is 30.7 Å². The number of ether oxygens (including phenoxy) is 1. The van der Waals surface area contributed by atoms with Crippen molar-refractivity contribution in [3.05, 3.63) is 62.5 Å². The van der Waals surface area contributed by atoms with Crippen LogP contribution in [0.2, 0.25) is 0 Å². The van der Waals surface area contributed by atoms with Crippen LogP contribution in [0, 0.1) is 5.92 Å². The summed E-state index contributed by atoms with van der Waals surface area (Å²) in [5, 5.41) is 11.2. The molecular formula is C24H31N3O3S. The normalized spacial score (nSPS) is 17.2.